The number of aryl methyl sites for hydroxylation is 1. The first kappa shape index (κ1) is 19.0. The van der Waals surface area contributed by atoms with E-state index in [2.05, 4.69) is 27.0 Å². The van der Waals surface area contributed by atoms with Crippen LogP contribution in [0.15, 0.2) is 70.9 Å². The number of hydrogen-bond donors (Lipinski definition) is 2. The lowest BCUT2D eigenvalue weighted by molar-refractivity contribution is -0.118. The van der Waals surface area contributed by atoms with Crippen molar-refractivity contribution < 1.29 is 9.90 Å². The van der Waals surface area contributed by atoms with Crippen LogP contribution in [0.4, 0.5) is 0 Å². The summed E-state index contributed by atoms with van der Waals surface area (Å²) in [7, 11) is 0. The van der Waals surface area contributed by atoms with Crippen molar-refractivity contribution in [2.24, 2.45) is 5.10 Å². The summed E-state index contributed by atoms with van der Waals surface area (Å²) in [4.78, 5) is 16.8. The Labute approximate surface area is 172 Å². The van der Waals surface area contributed by atoms with Gasteiger partial charge in [-0.15, -0.1) is 0 Å². The molecule has 0 spiro atoms. The second-order valence-corrected chi connectivity index (χ2v) is 7.37. The summed E-state index contributed by atoms with van der Waals surface area (Å²) in [6, 6.07) is 19.1. The molecule has 7 heteroatoms. The molecule has 146 valence electrons. The summed E-state index contributed by atoms with van der Waals surface area (Å²) in [5.74, 6) is 0.0794. The number of carbonyl (C=O) groups is 1. The van der Waals surface area contributed by atoms with Crippen molar-refractivity contribution in [3.05, 3.63) is 66.2 Å². The predicted octanol–water partition coefficient (Wildman–Crippen LogP) is 4.16. The number of benzene rings is 3. The molecule has 0 aliphatic carbocycles. The molecule has 6 nitrogen and oxygen atoms in total. The van der Waals surface area contributed by atoms with Crippen LogP contribution in [-0.2, 0) is 11.3 Å². The first-order valence-electron chi connectivity index (χ1n) is 9.28. The molecule has 1 aromatic heterocycles. The van der Waals surface area contributed by atoms with Gasteiger partial charge < -0.3 is 9.67 Å². The molecule has 2 N–H and O–H groups in total. The molecule has 0 atom stereocenters. The van der Waals surface area contributed by atoms with E-state index >= 15 is 0 Å². The monoisotopic (exact) mass is 404 g/mol. The van der Waals surface area contributed by atoms with E-state index in [0.717, 1.165) is 33.5 Å². The molecule has 0 saturated heterocycles. The average Bonchev–Trinajstić information content (AvgIpc) is 3.11. The molecular formula is C22H20N4O2S. The Hall–Kier alpha value is -3.32. The van der Waals surface area contributed by atoms with Crippen molar-refractivity contribution in [3.63, 3.8) is 0 Å². The highest BCUT2D eigenvalue weighted by Crippen LogP contribution is 2.26. The number of amides is 1. The van der Waals surface area contributed by atoms with Gasteiger partial charge in [0.25, 0.3) is 5.91 Å². The third-order valence-electron chi connectivity index (χ3n) is 4.60. The zero-order valence-electron chi connectivity index (χ0n) is 15.9. The quantitative estimate of drug-likeness (QED) is 0.287. The fraction of sp³-hybridized carbons (Fsp3) is 0.136. The predicted molar refractivity (Wildman–Crippen MR) is 117 cm³/mol. The summed E-state index contributed by atoms with van der Waals surface area (Å²) in [5.41, 5.74) is 5.08. The van der Waals surface area contributed by atoms with E-state index in [9.17, 15) is 9.90 Å². The first-order chi connectivity index (χ1) is 14.2. The van der Waals surface area contributed by atoms with Gasteiger partial charge in [-0.1, -0.05) is 54.2 Å². The molecule has 0 radical (unpaired) electrons. The number of hydrazone groups is 1. The van der Waals surface area contributed by atoms with Gasteiger partial charge in [0.15, 0.2) is 5.16 Å². The molecule has 1 heterocycles. The maximum atomic E-state index is 12.2. The third kappa shape index (κ3) is 3.95. The number of phenolic OH excluding ortho intramolecular Hbond substituents is 1. The van der Waals surface area contributed by atoms with Crippen LogP contribution < -0.4 is 5.43 Å². The number of nitrogens with zero attached hydrogens (tertiary/aromatic N) is 3. The van der Waals surface area contributed by atoms with Crippen molar-refractivity contribution in [2.45, 2.75) is 18.6 Å². The second kappa shape index (κ2) is 8.36. The Morgan fingerprint density at radius 3 is 2.83 bits per heavy atom. The molecule has 4 rings (SSSR count). The number of rotatable bonds is 6. The topological polar surface area (TPSA) is 79.5 Å². The van der Waals surface area contributed by atoms with E-state index in [1.165, 1.54) is 18.0 Å². The largest absolute Gasteiger partial charge is 0.507 e. The molecule has 0 fully saturated rings. The lowest BCUT2D eigenvalue weighted by atomic mass is 10.0. The Morgan fingerprint density at radius 1 is 1.17 bits per heavy atom. The summed E-state index contributed by atoms with van der Waals surface area (Å²) in [6.45, 7) is 2.84. The number of carbonyl (C=O) groups excluding carboxylic acids is 1. The number of phenols is 1. The third-order valence-corrected chi connectivity index (χ3v) is 5.58. The smallest absolute Gasteiger partial charge is 0.250 e. The lowest BCUT2D eigenvalue weighted by Crippen LogP contribution is -2.20. The maximum absolute atomic E-state index is 12.2. The number of para-hydroxylation sites is 2. The molecule has 4 aromatic rings. The SMILES string of the molecule is CCn1c(SCC(=O)N/N=C/c2c(O)ccc3ccccc23)nc2ccccc21. The van der Waals surface area contributed by atoms with Crippen LogP contribution in [0.3, 0.4) is 0 Å². The molecule has 1 amide bonds. The van der Waals surface area contributed by atoms with Gasteiger partial charge in [-0.2, -0.15) is 5.10 Å². The molecular weight excluding hydrogens is 384 g/mol. The summed E-state index contributed by atoms with van der Waals surface area (Å²) < 4.78 is 2.09. The zero-order valence-corrected chi connectivity index (χ0v) is 16.7. The van der Waals surface area contributed by atoms with Crippen LogP contribution in [0, 0.1) is 0 Å². The van der Waals surface area contributed by atoms with Gasteiger partial charge in [0.2, 0.25) is 0 Å². The van der Waals surface area contributed by atoms with Crippen molar-refractivity contribution in [1.29, 1.82) is 0 Å². The minimum Gasteiger partial charge on any atom is -0.507 e. The van der Waals surface area contributed by atoms with Gasteiger partial charge in [0, 0.05) is 12.1 Å². The minimum atomic E-state index is -0.235. The van der Waals surface area contributed by atoms with Gasteiger partial charge in [0.05, 0.1) is 23.0 Å². The Morgan fingerprint density at radius 2 is 1.97 bits per heavy atom. The van der Waals surface area contributed by atoms with E-state index in [-0.39, 0.29) is 17.4 Å². The standard InChI is InChI=1S/C22H20N4O2S/c1-2-26-19-10-6-5-9-18(19)24-22(26)29-14-21(28)25-23-13-17-16-8-4-3-7-15(16)11-12-20(17)27/h3-13,27H,2,14H2,1H3,(H,25,28)/b23-13+. The number of nitrogens with one attached hydrogen (secondary N) is 1. The number of thioether (sulfide) groups is 1. The average molecular weight is 404 g/mol. The molecule has 0 saturated carbocycles. The summed E-state index contributed by atoms with van der Waals surface area (Å²) in [5, 5.41) is 16.8. The van der Waals surface area contributed by atoms with Crippen LogP contribution in [0.1, 0.15) is 12.5 Å². The molecule has 0 unspecified atom stereocenters. The molecule has 0 aliphatic heterocycles. The highest BCUT2D eigenvalue weighted by molar-refractivity contribution is 7.99. The van der Waals surface area contributed by atoms with Gasteiger partial charge in [-0.25, -0.2) is 10.4 Å². The van der Waals surface area contributed by atoms with Crippen molar-refractivity contribution in [1.82, 2.24) is 15.0 Å². The summed E-state index contributed by atoms with van der Waals surface area (Å²) in [6.07, 6.45) is 1.47. The Balaban J connectivity index is 1.43. The van der Waals surface area contributed by atoms with E-state index in [1.54, 1.807) is 6.07 Å². The van der Waals surface area contributed by atoms with Crippen LogP contribution in [0.25, 0.3) is 21.8 Å². The van der Waals surface area contributed by atoms with Crippen molar-refractivity contribution >= 4 is 45.7 Å². The first-order valence-corrected chi connectivity index (χ1v) is 10.3. The van der Waals surface area contributed by atoms with Gasteiger partial charge in [0.1, 0.15) is 5.75 Å². The van der Waals surface area contributed by atoms with Gasteiger partial charge >= 0.3 is 0 Å². The van der Waals surface area contributed by atoms with E-state index in [1.807, 2.05) is 54.6 Å². The highest BCUT2D eigenvalue weighted by Gasteiger charge is 2.11. The molecule has 0 bridgehead atoms. The van der Waals surface area contributed by atoms with E-state index in [0.29, 0.717) is 5.56 Å². The number of hydrogen-bond acceptors (Lipinski definition) is 5. The number of aromatic nitrogens is 2. The molecule has 3 aromatic carbocycles. The van der Waals surface area contributed by atoms with Gasteiger partial charge in [-0.3, -0.25) is 4.79 Å². The second-order valence-electron chi connectivity index (χ2n) is 6.43. The van der Waals surface area contributed by atoms with Crippen LogP contribution in [0.2, 0.25) is 0 Å². The Bertz CT molecular complexity index is 1220. The van der Waals surface area contributed by atoms with Crippen LogP contribution in [0.5, 0.6) is 5.75 Å². The number of aromatic hydroxyl groups is 1. The maximum Gasteiger partial charge on any atom is 0.250 e. The number of imidazole rings is 1. The van der Waals surface area contributed by atoms with Crippen molar-refractivity contribution in [2.75, 3.05) is 5.75 Å². The zero-order chi connectivity index (χ0) is 20.2. The molecule has 29 heavy (non-hydrogen) atoms. The fourth-order valence-electron chi connectivity index (χ4n) is 3.22. The normalized spacial score (nSPS) is 11.5. The van der Waals surface area contributed by atoms with Gasteiger partial charge in [-0.05, 0) is 35.9 Å². The van der Waals surface area contributed by atoms with Crippen LogP contribution in [-0.4, -0.2) is 32.5 Å². The fourth-order valence-corrected chi connectivity index (χ4v) is 4.09. The van der Waals surface area contributed by atoms with Crippen molar-refractivity contribution in [3.8, 4) is 5.75 Å². The highest BCUT2D eigenvalue weighted by atomic mass is 32.2. The summed E-state index contributed by atoms with van der Waals surface area (Å²) >= 11 is 1.37. The molecule has 0 aliphatic rings. The number of fused-ring (bicyclic) bond motifs is 2. The van der Waals surface area contributed by atoms with Crippen LogP contribution >= 0.6 is 11.8 Å². The lowest BCUT2D eigenvalue weighted by Gasteiger charge is -2.06. The van der Waals surface area contributed by atoms with E-state index in [4.69, 9.17) is 0 Å². The minimum absolute atomic E-state index is 0.118. The Kier molecular flexibility index (Phi) is 5.48. The van der Waals surface area contributed by atoms with E-state index < -0.39 is 0 Å².